The van der Waals surface area contributed by atoms with Crippen molar-refractivity contribution in [1.29, 1.82) is 0 Å². The summed E-state index contributed by atoms with van der Waals surface area (Å²) in [5.41, 5.74) is 1.08. The minimum Gasteiger partial charge on any atom is -0.390 e. The van der Waals surface area contributed by atoms with Gasteiger partial charge >= 0.3 is 0 Å². The van der Waals surface area contributed by atoms with Crippen molar-refractivity contribution in [3.63, 3.8) is 0 Å². The molecule has 6 aliphatic rings. The molecule has 1 amide bonds. The van der Waals surface area contributed by atoms with E-state index in [1.807, 2.05) is 0 Å². The highest BCUT2D eigenvalue weighted by atomic mass is 16.5. The van der Waals surface area contributed by atoms with E-state index in [1.54, 1.807) is 6.20 Å². The second-order valence-electron chi connectivity index (χ2n) is 11.2. The Morgan fingerprint density at radius 2 is 1.91 bits per heavy atom. The normalized spacial score (nSPS) is 38.3. The Balaban J connectivity index is 1.19. The SMILES string of the molecule is O=C(NC1C2CC3CC1CC(O)(C3)C2)c1cnc(NC[C@H]2CCCO2)nc1C1CCCC1. The molecular weight excluding hydrogens is 404 g/mol. The number of aliphatic hydroxyl groups is 1. The van der Waals surface area contributed by atoms with Crippen molar-refractivity contribution in [1.82, 2.24) is 15.3 Å². The van der Waals surface area contributed by atoms with Gasteiger partial charge in [-0.15, -0.1) is 0 Å². The lowest BCUT2D eigenvalue weighted by Gasteiger charge is -2.58. The Bertz CT molecular complexity index is 849. The monoisotopic (exact) mass is 440 g/mol. The standard InChI is InChI=1S/C25H36N4O3/c30-23(28-21-17-8-15-9-18(21)12-25(31,10-15)11-17)20-14-27-24(26-13-19-6-3-7-32-19)29-22(20)16-4-1-2-5-16/h14-19,21,31H,1-13H2,(H,28,30)(H,26,27,29)/t15?,17?,18?,19-,21?,25?/m1/s1. The number of hydrogen-bond donors (Lipinski definition) is 3. The molecule has 7 rings (SSSR count). The number of anilines is 1. The van der Waals surface area contributed by atoms with Crippen LogP contribution in [0.2, 0.25) is 0 Å². The van der Waals surface area contributed by atoms with Crippen LogP contribution in [0.15, 0.2) is 6.20 Å². The largest absolute Gasteiger partial charge is 0.390 e. The summed E-state index contributed by atoms with van der Waals surface area (Å²) < 4.78 is 5.71. The maximum atomic E-state index is 13.5. The summed E-state index contributed by atoms with van der Waals surface area (Å²) in [7, 11) is 0. The first-order valence-electron chi connectivity index (χ1n) is 12.8. The zero-order chi connectivity index (χ0) is 21.7. The summed E-state index contributed by atoms with van der Waals surface area (Å²) in [6, 6.07) is 0.174. The molecule has 1 aromatic rings. The van der Waals surface area contributed by atoms with Gasteiger partial charge in [-0.3, -0.25) is 4.79 Å². The van der Waals surface area contributed by atoms with Crippen molar-refractivity contribution >= 4 is 11.9 Å². The van der Waals surface area contributed by atoms with Crippen LogP contribution in [0.3, 0.4) is 0 Å². The predicted octanol–water partition coefficient (Wildman–Crippen LogP) is 3.39. The Hall–Kier alpha value is -1.73. The lowest BCUT2D eigenvalue weighted by molar-refractivity contribution is -0.136. The van der Waals surface area contributed by atoms with Crippen molar-refractivity contribution in [2.75, 3.05) is 18.5 Å². The number of ether oxygens (including phenoxy) is 1. The molecule has 4 bridgehead atoms. The van der Waals surface area contributed by atoms with Crippen LogP contribution in [0.1, 0.15) is 92.6 Å². The van der Waals surface area contributed by atoms with Crippen LogP contribution in [-0.2, 0) is 4.74 Å². The van der Waals surface area contributed by atoms with E-state index in [2.05, 4.69) is 15.6 Å². The molecule has 174 valence electrons. The fourth-order valence-corrected chi connectivity index (χ4v) is 7.62. The first-order valence-corrected chi connectivity index (χ1v) is 12.8. The third kappa shape index (κ3) is 3.92. The average molecular weight is 441 g/mol. The number of nitrogens with one attached hydrogen (secondary N) is 2. The molecular formula is C25H36N4O3. The lowest BCUT2D eigenvalue weighted by Crippen LogP contribution is -2.61. The minimum atomic E-state index is -0.480. The Labute approximate surface area is 190 Å². The van der Waals surface area contributed by atoms with Crippen LogP contribution in [0.5, 0.6) is 0 Å². The molecule has 1 aliphatic heterocycles. The summed E-state index contributed by atoms with van der Waals surface area (Å²) in [5, 5.41) is 17.6. The van der Waals surface area contributed by atoms with Crippen molar-refractivity contribution in [2.24, 2.45) is 17.8 Å². The van der Waals surface area contributed by atoms with Crippen LogP contribution in [0, 0.1) is 17.8 Å². The van der Waals surface area contributed by atoms with Crippen molar-refractivity contribution in [3.8, 4) is 0 Å². The van der Waals surface area contributed by atoms with Crippen molar-refractivity contribution < 1.29 is 14.6 Å². The van der Waals surface area contributed by atoms with Gasteiger partial charge in [0.05, 0.1) is 23.0 Å². The number of amides is 1. The molecule has 5 aliphatic carbocycles. The molecule has 6 fully saturated rings. The minimum absolute atomic E-state index is 0.0259. The van der Waals surface area contributed by atoms with Gasteiger partial charge in [0, 0.05) is 31.3 Å². The van der Waals surface area contributed by atoms with E-state index >= 15 is 0 Å². The smallest absolute Gasteiger partial charge is 0.254 e. The van der Waals surface area contributed by atoms with Crippen LogP contribution in [0.25, 0.3) is 0 Å². The van der Waals surface area contributed by atoms with Crippen LogP contribution in [0.4, 0.5) is 5.95 Å². The van der Waals surface area contributed by atoms with Gasteiger partial charge in [-0.25, -0.2) is 9.97 Å². The van der Waals surface area contributed by atoms with Gasteiger partial charge in [0.1, 0.15) is 0 Å². The molecule has 5 saturated carbocycles. The summed E-state index contributed by atoms with van der Waals surface area (Å²) in [6.07, 6.45) is 13.6. The fourth-order valence-electron chi connectivity index (χ4n) is 7.62. The molecule has 0 radical (unpaired) electrons. The van der Waals surface area contributed by atoms with E-state index < -0.39 is 5.60 Å². The Morgan fingerprint density at radius 3 is 2.59 bits per heavy atom. The second-order valence-corrected chi connectivity index (χ2v) is 11.2. The van der Waals surface area contributed by atoms with Gasteiger partial charge in [-0.2, -0.15) is 0 Å². The molecule has 2 unspecified atom stereocenters. The lowest BCUT2D eigenvalue weighted by atomic mass is 9.52. The van der Waals surface area contributed by atoms with Gasteiger partial charge in [0.25, 0.3) is 5.91 Å². The van der Waals surface area contributed by atoms with Gasteiger partial charge in [0.2, 0.25) is 5.95 Å². The average Bonchev–Trinajstić information content (AvgIpc) is 3.48. The topological polar surface area (TPSA) is 96.4 Å². The summed E-state index contributed by atoms with van der Waals surface area (Å²) >= 11 is 0. The first-order chi connectivity index (χ1) is 15.6. The maximum Gasteiger partial charge on any atom is 0.254 e. The summed E-state index contributed by atoms with van der Waals surface area (Å²) in [4.78, 5) is 22.8. The zero-order valence-electron chi connectivity index (χ0n) is 18.9. The number of aromatic nitrogens is 2. The maximum absolute atomic E-state index is 13.5. The zero-order valence-corrected chi connectivity index (χ0v) is 18.9. The molecule has 7 nitrogen and oxygen atoms in total. The molecule has 1 saturated heterocycles. The number of carbonyl (C=O) groups excluding carboxylic acids is 1. The van der Waals surface area contributed by atoms with E-state index in [1.165, 1.54) is 12.8 Å². The molecule has 7 heteroatoms. The Kier molecular flexibility index (Phi) is 5.37. The highest BCUT2D eigenvalue weighted by molar-refractivity contribution is 5.95. The van der Waals surface area contributed by atoms with Gasteiger partial charge in [-0.05, 0) is 75.5 Å². The van der Waals surface area contributed by atoms with Crippen molar-refractivity contribution in [2.45, 2.75) is 94.3 Å². The molecule has 3 atom stereocenters. The highest BCUT2D eigenvalue weighted by Gasteiger charge is 2.55. The molecule has 0 aromatic carbocycles. The van der Waals surface area contributed by atoms with E-state index in [4.69, 9.17) is 9.72 Å². The van der Waals surface area contributed by atoms with Crippen LogP contribution < -0.4 is 10.6 Å². The van der Waals surface area contributed by atoms with E-state index in [9.17, 15) is 9.90 Å². The quantitative estimate of drug-likeness (QED) is 0.627. The summed E-state index contributed by atoms with van der Waals surface area (Å²) in [5.74, 6) is 2.35. The number of hydrogen-bond acceptors (Lipinski definition) is 6. The highest BCUT2D eigenvalue weighted by Crippen LogP contribution is 2.55. The van der Waals surface area contributed by atoms with Crippen molar-refractivity contribution in [3.05, 3.63) is 17.5 Å². The summed E-state index contributed by atoms with van der Waals surface area (Å²) in [6.45, 7) is 1.55. The first kappa shape index (κ1) is 20.8. The molecule has 3 N–H and O–H groups in total. The molecule has 32 heavy (non-hydrogen) atoms. The Morgan fingerprint density at radius 1 is 1.12 bits per heavy atom. The van der Waals surface area contributed by atoms with E-state index in [0.717, 1.165) is 70.1 Å². The number of nitrogens with zero attached hydrogens (tertiary/aromatic N) is 2. The van der Waals surface area contributed by atoms with E-state index in [0.29, 0.717) is 41.7 Å². The van der Waals surface area contributed by atoms with Gasteiger partial charge in [0.15, 0.2) is 0 Å². The molecule has 1 aromatic heterocycles. The third-order valence-electron chi connectivity index (χ3n) is 8.86. The van der Waals surface area contributed by atoms with Gasteiger partial charge < -0.3 is 20.5 Å². The molecule has 2 heterocycles. The molecule has 0 spiro atoms. The number of rotatable bonds is 6. The number of carbonyl (C=O) groups is 1. The second kappa shape index (κ2) is 8.24. The predicted molar refractivity (Wildman–Crippen MR) is 120 cm³/mol. The third-order valence-corrected chi connectivity index (χ3v) is 8.86. The van der Waals surface area contributed by atoms with E-state index in [-0.39, 0.29) is 18.1 Å². The van der Waals surface area contributed by atoms with Crippen LogP contribution in [-0.4, -0.2) is 51.9 Å². The van der Waals surface area contributed by atoms with Crippen LogP contribution >= 0.6 is 0 Å². The van der Waals surface area contributed by atoms with Gasteiger partial charge in [-0.1, -0.05) is 12.8 Å². The fraction of sp³-hybridized carbons (Fsp3) is 0.800.